The van der Waals surface area contributed by atoms with Gasteiger partial charge in [0.1, 0.15) is 5.58 Å². The highest BCUT2D eigenvalue weighted by molar-refractivity contribution is 6.17. The molecule has 2 amide bonds. The molecule has 0 radical (unpaired) electrons. The van der Waals surface area contributed by atoms with Gasteiger partial charge in [0.2, 0.25) is 5.76 Å². The third-order valence-corrected chi connectivity index (χ3v) is 6.77. The summed E-state index contributed by atoms with van der Waals surface area (Å²) in [6.45, 7) is 2.60. The summed E-state index contributed by atoms with van der Waals surface area (Å²) in [6.07, 6.45) is 0.628. The van der Waals surface area contributed by atoms with Crippen molar-refractivity contribution in [3.63, 3.8) is 0 Å². The van der Waals surface area contributed by atoms with Crippen LogP contribution in [0.4, 0.5) is 5.69 Å². The number of nitrogens with zero attached hydrogens (tertiary/aromatic N) is 2. The van der Waals surface area contributed by atoms with Crippen LogP contribution in [0.1, 0.15) is 40.6 Å². The average molecular weight is 450 g/mol. The molecule has 0 fully saturated rings. The van der Waals surface area contributed by atoms with Crippen LogP contribution in [-0.4, -0.2) is 23.3 Å². The van der Waals surface area contributed by atoms with Crippen LogP contribution in [0.25, 0.3) is 11.0 Å². The van der Waals surface area contributed by atoms with Crippen molar-refractivity contribution in [3.8, 4) is 0 Å². The fourth-order valence-electron chi connectivity index (χ4n) is 5.38. The van der Waals surface area contributed by atoms with Gasteiger partial charge in [0.05, 0.1) is 23.2 Å². The zero-order valence-corrected chi connectivity index (χ0v) is 18.7. The summed E-state index contributed by atoms with van der Waals surface area (Å²) in [5.41, 5.74) is 0.877. The second-order valence-electron chi connectivity index (χ2n) is 8.69. The number of para-hydroxylation sites is 2. The number of hydrogen-bond donors (Lipinski definition) is 0. The third kappa shape index (κ3) is 2.53. The van der Waals surface area contributed by atoms with Crippen molar-refractivity contribution in [2.45, 2.75) is 25.4 Å². The smallest absolute Gasteiger partial charge is 0.291 e. The van der Waals surface area contributed by atoms with Crippen LogP contribution in [0, 0.1) is 0 Å². The molecule has 6 nitrogen and oxygen atoms in total. The monoisotopic (exact) mass is 450 g/mol. The van der Waals surface area contributed by atoms with Crippen LogP contribution in [0.15, 0.2) is 88.1 Å². The van der Waals surface area contributed by atoms with Gasteiger partial charge in [0.25, 0.3) is 11.8 Å². The molecule has 0 aliphatic carbocycles. The Labute approximate surface area is 196 Å². The minimum Gasteiger partial charge on any atom is -0.450 e. The Morgan fingerprint density at radius 1 is 0.853 bits per heavy atom. The first-order valence-corrected chi connectivity index (χ1v) is 11.4. The molecule has 1 spiro atoms. The average Bonchev–Trinajstić information content (AvgIpc) is 3.25. The van der Waals surface area contributed by atoms with Gasteiger partial charge in [-0.15, -0.1) is 0 Å². The Balaban J connectivity index is 1.67. The highest BCUT2D eigenvalue weighted by Crippen LogP contribution is 2.52. The molecular formula is C28H22N2O4. The van der Waals surface area contributed by atoms with Crippen molar-refractivity contribution in [2.24, 2.45) is 0 Å². The number of hydrogen-bond acceptors (Lipinski definition) is 4. The first-order chi connectivity index (χ1) is 16.6. The van der Waals surface area contributed by atoms with E-state index in [1.165, 1.54) is 4.90 Å². The molecule has 0 N–H and O–H groups in total. The van der Waals surface area contributed by atoms with Crippen molar-refractivity contribution in [1.82, 2.24) is 4.90 Å². The normalized spacial score (nSPS) is 18.7. The van der Waals surface area contributed by atoms with Gasteiger partial charge < -0.3 is 14.2 Å². The van der Waals surface area contributed by atoms with Crippen LogP contribution in [-0.2, 0) is 16.9 Å². The maximum Gasteiger partial charge on any atom is 0.291 e. The molecule has 4 aromatic rings. The van der Waals surface area contributed by atoms with Crippen molar-refractivity contribution in [1.29, 1.82) is 0 Å². The molecule has 34 heavy (non-hydrogen) atoms. The SMILES string of the molecule is CCCN1C(=O)c2oc3ccccc3c(=O)c2[C@]12C(=O)N(Cc1ccccc1)c1ccccc12. The fourth-order valence-corrected chi connectivity index (χ4v) is 5.38. The molecule has 0 saturated carbocycles. The van der Waals surface area contributed by atoms with E-state index in [0.717, 1.165) is 5.56 Å². The van der Waals surface area contributed by atoms with Gasteiger partial charge in [0.15, 0.2) is 11.0 Å². The van der Waals surface area contributed by atoms with Crippen molar-refractivity contribution in [2.75, 3.05) is 11.4 Å². The molecule has 168 valence electrons. The number of carbonyl (C=O) groups is 2. The molecule has 2 aliphatic rings. The number of benzene rings is 3. The largest absolute Gasteiger partial charge is 0.450 e. The maximum absolute atomic E-state index is 14.4. The van der Waals surface area contributed by atoms with Crippen LogP contribution in [0.2, 0.25) is 0 Å². The third-order valence-electron chi connectivity index (χ3n) is 6.77. The number of carbonyl (C=O) groups excluding carboxylic acids is 2. The van der Waals surface area contributed by atoms with Gasteiger partial charge in [-0.1, -0.05) is 67.6 Å². The van der Waals surface area contributed by atoms with E-state index in [9.17, 15) is 14.4 Å². The molecule has 3 aromatic carbocycles. The molecule has 3 heterocycles. The quantitative estimate of drug-likeness (QED) is 0.461. The molecule has 0 bridgehead atoms. The lowest BCUT2D eigenvalue weighted by Crippen LogP contribution is -2.53. The Morgan fingerprint density at radius 2 is 1.56 bits per heavy atom. The molecule has 6 heteroatoms. The Kier molecular flexibility index (Phi) is 4.45. The number of amides is 2. The maximum atomic E-state index is 14.4. The van der Waals surface area contributed by atoms with Crippen LogP contribution < -0.4 is 10.3 Å². The minimum atomic E-state index is -1.54. The molecular weight excluding hydrogens is 428 g/mol. The standard InChI is InChI=1S/C28H22N2O4/c1-2-16-30-26(32)25-23(24(31)19-12-6-9-15-22(19)34-25)28(30)20-13-7-8-14-21(20)29(27(28)33)17-18-10-4-3-5-11-18/h3-15H,2,16-17H2,1H3/t28-/m1/s1. The molecule has 0 saturated heterocycles. The van der Waals surface area contributed by atoms with Crippen LogP contribution >= 0.6 is 0 Å². The van der Waals surface area contributed by atoms with E-state index in [1.54, 1.807) is 29.2 Å². The topological polar surface area (TPSA) is 70.8 Å². The van der Waals surface area contributed by atoms with Crippen LogP contribution in [0.5, 0.6) is 0 Å². The number of anilines is 1. The Bertz CT molecular complexity index is 1520. The summed E-state index contributed by atoms with van der Waals surface area (Å²) in [5.74, 6) is -0.771. The summed E-state index contributed by atoms with van der Waals surface area (Å²) in [5, 5.41) is 0.360. The number of rotatable bonds is 4. The van der Waals surface area contributed by atoms with E-state index in [1.807, 2.05) is 61.5 Å². The summed E-state index contributed by atoms with van der Waals surface area (Å²) >= 11 is 0. The second kappa shape index (κ2) is 7.42. The number of fused-ring (bicyclic) bond motifs is 5. The zero-order chi connectivity index (χ0) is 23.4. The Hall–Kier alpha value is -4.19. The van der Waals surface area contributed by atoms with E-state index >= 15 is 0 Å². The highest BCUT2D eigenvalue weighted by atomic mass is 16.3. The highest BCUT2D eigenvalue weighted by Gasteiger charge is 2.64. The Morgan fingerprint density at radius 3 is 2.35 bits per heavy atom. The lowest BCUT2D eigenvalue weighted by molar-refractivity contribution is -0.126. The summed E-state index contributed by atoms with van der Waals surface area (Å²) in [7, 11) is 0. The van der Waals surface area contributed by atoms with Gasteiger partial charge in [0, 0.05) is 12.1 Å². The molecule has 0 unspecified atom stereocenters. The molecule has 6 rings (SSSR count). The summed E-state index contributed by atoms with van der Waals surface area (Å²) in [6, 6.07) is 24.0. The lowest BCUT2D eigenvalue weighted by atomic mass is 9.84. The van der Waals surface area contributed by atoms with Gasteiger partial charge in [-0.3, -0.25) is 14.4 Å². The van der Waals surface area contributed by atoms with Crippen LogP contribution in [0.3, 0.4) is 0 Å². The van der Waals surface area contributed by atoms with Gasteiger partial charge in [-0.2, -0.15) is 0 Å². The molecule has 1 aromatic heterocycles. The van der Waals surface area contributed by atoms with Gasteiger partial charge in [-0.05, 0) is 30.2 Å². The lowest BCUT2D eigenvalue weighted by Gasteiger charge is -2.34. The zero-order valence-electron chi connectivity index (χ0n) is 18.7. The van der Waals surface area contributed by atoms with E-state index < -0.39 is 11.4 Å². The second-order valence-corrected chi connectivity index (χ2v) is 8.69. The summed E-state index contributed by atoms with van der Waals surface area (Å²) in [4.78, 5) is 45.2. The van der Waals surface area contributed by atoms with E-state index in [0.29, 0.717) is 41.7 Å². The predicted octanol–water partition coefficient (Wildman–Crippen LogP) is 4.45. The minimum absolute atomic E-state index is 0.0399. The predicted molar refractivity (Wildman–Crippen MR) is 129 cm³/mol. The van der Waals surface area contributed by atoms with Gasteiger partial charge >= 0.3 is 0 Å². The van der Waals surface area contributed by atoms with Crippen molar-refractivity contribution >= 4 is 28.5 Å². The summed E-state index contributed by atoms with van der Waals surface area (Å²) < 4.78 is 6.02. The first-order valence-electron chi connectivity index (χ1n) is 11.4. The fraction of sp³-hybridized carbons (Fsp3) is 0.179. The van der Waals surface area contributed by atoms with Crippen molar-refractivity contribution in [3.05, 3.63) is 112 Å². The first kappa shape index (κ1) is 20.4. The van der Waals surface area contributed by atoms with Crippen molar-refractivity contribution < 1.29 is 14.0 Å². The van der Waals surface area contributed by atoms with E-state index in [2.05, 4.69) is 0 Å². The molecule has 2 aliphatic heterocycles. The van der Waals surface area contributed by atoms with E-state index in [-0.39, 0.29) is 22.7 Å². The van der Waals surface area contributed by atoms with E-state index in [4.69, 9.17) is 4.42 Å². The van der Waals surface area contributed by atoms with Gasteiger partial charge in [-0.25, -0.2) is 0 Å². The molecule has 1 atom stereocenters.